The Morgan fingerprint density at radius 2 is 1.76 bits per heavy atom. The molecule has 1 heterocycles. The lowest BCUT2D eigenvalue weighted by Gasteiger charge is -2.15. The highest BCUT2D eigenvalue weighted by Gasteiger charge is 2.16. The van der Waals surface area contributed by atoms with Crippen molar-refractivity contribution in [3.63, 3.8) is 0 Å². The first-order valence-electron chi connectivity index (χ1n) is 8.52. The van der Waals surface area contributed by atoms with Crippen molar-refractivity contribution in [1.29, 1.82) is 0 Å². The number of carbonyl (C=O) groups is 1. The molecule has 0 saturated heterocycles. The maximum atomic E-state index is 13.7. The van der Waals surface area contributed by atoms with Crippen molar-refractivity contribution in [2.45, 2.75) is 33.6 Å². The quantitative estimate of drug-likeness (QED) is 0.723. The number of halogens is 1. The van der Waals surface area contributed by atoms with Crippen LogP contribution >= 0.6 is 0 Å². The Balaban J connectivity index is 2.09. The fraction of sp³-hybridized carbons (Fsp3) is 0.238. The van der Waals surface area contributed by atoms with Gasteiger partial charge in [0, 0.05) is 16.8 Å². The van der Waals surface area contributed by atoms with Crippen molar-refractivity contribution in [3.05, 3.63) is 70.7 Å². The molecule has 1 amide bonds. The number of carbonyl (C=O) groups excluding carboxylic acids is 1. The van der Waals surface area contributed by atoms with Crippen LogP contribution in [0.3, 0.4) is 0 Å². The topological polar surface area (TPSA) is 42.0 Å². The lowest BCUT2D eigenvalue weighted by atomic mass is 10.0. The zero-order chi connectivity index (χ0) is 18.0. The molecule has 0 bridgehead atoms. The van der Waals surface area contributed by atoms with Crippen molar-refractivity contribution < 1.29 is 9.18 Å². The van der Waals surface area contributed by atoms with E-state index in [0.717, 1.165) is 35.3 Å². The molecule has 3 aromatic rings. The third kappa shape index (κ3) is 3.38. The number of fused-ring (bicyclic) bond motifs is 1. The minimum atomic E-state index is -0.379. The zero-order valence-corrected chi connectivity index (χ0v) is 14.7. The molecule has 0 aliphatic heterocycles. The monoisotopic (exact) mass is 336 g/mol. The number of anilines is 1. The number of nitrogens with zero attached hydrogens (tertiary/aromatic N) is 1. The Morgan fingerprint density at radius 1 is 1.08 bits per heavy atom. The highest BCUT2D eigenvalue weighted by molar-refractivity contribution is 6.12. The van der Waals surface area contributed by atoms with Crippen LogP contribution < -0.4 is 5.32 Å². The molecule has 1 N–H and O–H groups in total. The molecule has 128 valence electrons. The van der Waals surface area contributed by atoms with Gasteiger partial charge in [0.05, 0.1) is 11.1 Å². The summed E-state index contributed by atoms with van der Waals surface area (Å²) in [5.41, 5.74) is 4.82. The standard InChI is InChI=1S/C21H21FN2O/c1-4-14-7-6-8-15(5-2)20(14)24-21(25)18-11-13(3)23-19-10-9-16(22)12-17(18)19/h6-12H,4-5H2,1-3H3,(H,24,25). The van der Waals surface area contributed by atoms with Gasteiger partial charge in [0.15, 0.2) is 0 Å². The van der Waals surface area contributed by atoms with E-state index in [2.05, 4.69) is 24.1 Å². The minimum absolute atomic E-state index is 0.239. The van der Waals surface area contributed by atoms with Crippen LogP contribution in [0, 0.1) is 12.7 Å². The molecular weight excluding hydrogens is 315 g/mol. The third-order valence-corrected chi connectivity index (χ3v) is 4.38. The van der Waals surface area contributed by atoms with Crippen molar-refractivity contribution in [2.24, 2.45) is 0 Å². The summed E-state index contributed by atoms with van der Waals surface area (Å²) in [6, 6.07) is 12.1. The van der Waals surface area contributed by atoms with E-state index in [4.69, 9.17) is 0 Å². The summed E-state index contributed by atoms with van der Waals surface area (Å²) >= 11 is 0. The Hall–Kier alpha value is -2.75. The number of hydrogen-bond acceptors (Lipinski definition) is 2. The normalized spacial score (nSPS) is 10.9. The first-order chi connectivity index (χ1) is 12.0. The van der Waals surface area contributed by atoms with Crippen LogP contribution in [0.25, 0.3) is 10.9 Å². The predicted molar refractivity (Wildman–Crippen MR) is 99.6 cm³/mol. The average molecular weight is 336 g/mol. The van der Waals surface area contributed by atoms with Crippen LogP contribution in [-0.4, -0.2) is 10.9 Å². The number of hydrogen-bond donors (Lipinski definition) is 1. The maximum Gasteiger partial charge on any atom is 0.256 e. The molecule has 1 aromatic heterocycles. The second-order valence-corrected chi connectivity index (χ2v) is 6.09. The predicted octanol–water partition coefficient (Wildman–Crippen LogP) is 5.06. The molecule has 0 unspecified atom stereocenters. The number of nitrogens with one attached hydrogen (secondary N) is 1. The van der Waals surface area contributed by atoms with E-state index in [-0.39, 0.29) is 11.7 Å². The number of aromatic nitrogens is 1. The number of aryl methyl sites for hydroxylation is 3. The summed E-state index contributed by atoms with van der Waals surface area (Å²) in [4.78, 5) is 17.4. The first-order valence-corrected chi connectivity index (χ1v) is 8.52. The van der Waals surface area contributed by atoms with E-state index in [1.807, 2.05) is 25.1 Å². The zero-order valence-electron chi connectivity index (χ0n) is 14.7. The van der Waals surface area contributed by atoms with Crippen LogP contribution in [0.5, 0.6) is 0 Å². The molecule has 0 fully saturated rings. The Labute approximate surface area is 146 Å². The fourth-order valence-electron chi connectivity index (χ4n) is 3.10. The van der Waals surface area contributed by atoms with E-state index in [1.165, 1.54) is 12.1 Å². The third-order valence-electron chi connectivity index (χ3n) is 4.38. The lowest BCUT2D eigenvalue weighted by Crippen LogP contribution is -2.16. The van der Waals surface area contributed by atoms with Crippen LogP contribution in [-0.2, 0) is 12.8 Å². The summed E-state index contributed by atoms with van der Waals surface area (Å²) in [7, 11) is 0. The Kier molecular flexibility index (Phi) is 4.79. The molecule has 0 saturated carbocycles. The number of amides is 1. The van der Waals surface area contributed by atoms with E-state index >= 15 is 0 Å². The van der Waals surface area contributed by atoms with Crippen LogP contribution in [0.4, 0.5) is 10.1 Å². The summed E-state index contributed by atoms with van der Waals surface area (Å²) in [5, 5.41) is 3.57. The van der Waals surface area contributed by atoms with E-state index < -0.39 is 0 Å². The van der Waals surface area contributed by atoms with Crippen LogP contribution in [0.2, 0.25) is 0 Å². The van der Waals surface area contributed by atoms with Gasteiger partial charge in [-0.1, -0.05) is 32.0 Å². The first kappa shape index (κ1) is 17.1. The Morgan fingerprint density at radius 3 is 2.40 bits per heavy atom. The van der Waals surface area contributed by atoms with Gasteiger partial charge in [-0.3, -0.25) is 9.78 Å². The molecule has 0 aliphatic rings. The number of pyridine rings is 1. The van der Waals surface area contributed by atoms with Gasteiger partial charge in [-0.05, 0) is 55.2 Å². The van der Waals surface area contributed by atoms with E-state index in [1.54, 1.807) is 12.1 Å². The minimum Gasteiger partial charge on any atom is -0.321 e. The highest BCUT2D eigenvalue weighted by Crippen LogP contribution is 2.25. The van der Waals surface area contributed by atoms with Crippen molar-refractivity contribution in [3.8, 4) is 0 Å². The highest BCUT2D eigenvalue weighted by atomic mass is 19.1. The lowest BCUT2D eigenvalue weighted by molar-refractivity contribution is 0.102. The van der Waals surface area contributed by atoms with Crippen LogP contribution in [0.15, 0.2) is 42.5 Å². The number of para-hydroxylation sites is 1. The summed E-state index contributed by atoms with van der Waals surface area (Å²) in [6.07, 6.45) is 1.66. The Bertz CT molecular complexity index is 928. The van der Waals surface area contributed by atoms with Gasteiger partial charge >= 0.3 is 0 Å². The van der Waals surface area contributed by atoms with Gasteiger partial charge in [-0.25, -0.2) is 4.39 Å². The molecule has 4 heteroatoms. The van der Waals surface area contributed by atoms with Gasteiger partial charge in [-0.2, -0.15) is 0 Å². The molecular formula is C21H21FN2O. The second-order valence-electron chi connectivity index (χ2n) is 6.09. The number of rotatable bonds is 4. The second kappa shape index (κ2) is 7.01. The van der Waals surface area contributed by atoms with E-state index in [9.17, 15) is 9.18 Å². The number of benzene rings is 2. The van der Waals surface area contributed by atoms with Crippen LogP contribution in [0.1, 0.15) is 41.0 Å². The molecule has 0 atom stereocenters. The summed E-state index contributed by atoms with van der Waals surface area (Å²) < 4.78 is 13.7. The van der Waals surface area contributed by atoms with E-state index in [0.29, 0.717) is 16.5 Å². The van der Waals surface area contributed by atoms with Gasteiger partial charge in [0.2, 0.25) is 0 Å². The molecule has 2 aromatic carbocycles. The average Bonchev–Trinajstić information content (AvgIpc) is 2.61. The molecule has 0 spiro atoms. The largest absolute Gasteiger partial charge is 0.321 e. The van der Waals surface area contributed by atoms with Crippen molar-refractivity contribution >= 4 is 22.5 Å². The summed E-state index contributed by atoms with van der Waals surface area (Å²) in [5.74, 6) is -0.618. The van der Waals surface area contributed by atoms with Crippen molar-refractivity contribution in [1.82, 2.24) is 4.98 Å². The molecule has 3 nitrogen and oxygen atoms in total. The van der Waals surface area contributed by atoms with Gasteiger partial charge in [0.1, 0.15) is 5.82 Å². The smallest absolute Gasteiger partial charge is 0.256 e. The maximum absolute atomic E-state index is 13.7. The summed E-state index contributed by atoms with van der Waals surface area (Å²) in [6.45, 7) is 5.95. The SMILES string of the molecule is CCc1cccc(CC)c1NC(=O)c1cc(C)nc2ccc(F)cc12. The van der Waals surface area contributed by atoms with Gasteiger partial charge in [0.25, 0.3) is 5.91 Å². The van der Waals surface area contributed by atoms with Crippen molar-refractivity contribution in [2.75, 3.05) is 5.32 Å². The van der Waals surface area contributed by atoms with Gasteiger partial charge in [-0.15, -0.1) is 0 Å². The molecule has 0 radical (unpaired) electrons. The molecule has 0 aliphatic carbocycles. The molecule has 25 heavy (non-hydrogen) atoms. The fourth-order valence-corrected chi connectivity index (χ4v) is 3.10. The van der Waals surface area contributed by atoms with Gasteiger partial charge < -0.3 is 5.32 Å². The molecule has 3 rings (SSSR count).